The van der Waals surface area contributed by atoms with E-state index in [0.717, 1.165) is 20.8 Å². The first kappa shape index (κ1) is 76.5. The van der Waals surface area contributed by atoms with Gasteiger partial charge in [-0.25, -0.2) is 33.2 Å². The van der Waals surface area contributed by atoms with Crippen LogP contribution >= 0.6 is 0 Å². The summed E-state index contributed by atoms with van der Waals surface area (Å²) >= 11 is 0. The van der Waals surface area contributed by atoms with Gasteiger partial charge in [0.15, 0.2) is 31.0 Å². The lowest BCUT2D eigenvalue weighted by Crippen LogP contribution is -2.73. The Labute approximate surface area is 520 Å². The highest BCUT2D eigenvalue weighted by atomic mass is 19.1. The van der Waals surface area contributed by atoms with Gasteiger partial charge in [-0.2, -0.15) is 0 Å². The minimum Gasteiger partial charge on any atom is -0.463 e. The van der Waals surface area contributed by atoms with Crippen LogP contribution in [0.25, 0.3) is 0 Å². The highest BCUT2D eigenvalue weighted by Gasteiger charge is 2.56. The SMILES string of the molecule is CC(=O)OC[C@H]1O[C@H](O[C@@H]2[C@H](F)[C@H](O[C@H]3O[C@H](CNC(=O)OC(C)(C)C)CC[C@H]3NC(=O)OC(C)(C)C)[C@@H](NC(=O)OC(C)(C)C)C[C@H]2NC(=O)[C@H](CCNC(=O)OC(C)(C)C)OC(C)=O)[C@H](NC(=O)OC(C)(C)C)[C@@H](NC(=O)OC(C)(C)C)[C@@H]1OC(C)=O. The van der Waals surface area contributed by atoms with Crippen molar-refractivity contribution >= 4 is 60.4 Å². The monoisotopic (exact) mass is 1280 g/mol. The molecule has 7 N–H and O–H groups in total. The lowest BCUT2D eigenvalue weighted by atomic mass is 9.83. The van der Waals surface area contributed by atoms with E-state index in [1.54, 1.807) is 104 Å². The number of esters is 3. The summed E-state index contributed by atoms with van der Waals surface area (Å²) in [6.45, 7) is 30.5. The molecule has 3 fully saturated rings. The molecule has 3 aliphatic rings. The molecule has 1 saturated carbocycles. The molecule has 2 saturated heterocycles. The number of ether oxygens (including phenoxy) is 13. The Morgan fingerprint density at radius 3 is 1.36 bits per heavy atom. The Balaban J connectivity index is 2.43. The molecule has 0 aromatic heterocycles. The van der Waals surface area contributed by atoms with E-state index in [1.165, 1.54) is 20.8 Å². The molecule has 7 amide bonds. The summed E-state index contributed by atoms with van der Waals surface area (Å²) in [6, 6.07) is -7.94. The van der Waals surface area contributed by atoms with Gasteiger partial charge in [-0.3, -0.25) is 19.2 Å². The van der Waals surface area contributed by atoms with E-state index < -0.39 is 193 Å². The van der Waals surface area contributed by atoms with Crippen LogP contribution in [-0.2, 0) is 80.8 Å². The molecule has 0 aromatic rings. The molecule has 1 aliphatic carbocycles. The Hall–Kier alpha value is -6.73. The number of nitrogens with one attached hydrogen (secondary N) is 7. The van der Waals surface area contributed by atoms with Gasteiger partial charge < -0.3 is 98.8 Å². The molecule has 2 heterocycles. The molecule has 2 aliphatic heterocycles. The van der Waals surface area contributed by atoms with Gasteiger partial charge in [0.1, 0.15) is 64.6 Å². The van der Waals surface area contributed by atoms with Gasteiger partial charge in [0.2, 0.25) is 0 Å². The highest BCUT2D eigenvalue weighted by Crippen LogP contribution is 2.36. The van der Waals surface area contributed by atoms with Crippen molar-refractivity contribution in [2.45, 2.75) is 290 Å². The molecular weight excluding hydrogens is 1180 g/mol. The molecule has 0 aromatic carbocycles. The van der Waals surface area contributed by atoms with E-state index in [0.29, 0.717) is 0 Å². The zero-order valence-electron chi connectivity index (χ0n) is 55.3. The van der Waals surface area contributed by atoms with Crippen molar-refractivity contribution < 1.29 is 114 Å². The number of alkyl halides is 1. The first-order valence-electron chi connectivity index (χ1n) is 29.5. The number of hydrogen-bond donors (Lipinski definition) is 7. The molecule has 30 nitrogen and oxygen atoms in total. The standard InChI is InChI=1S/C58H98FN7O23/c1-29(67)77-28-37-43(79-31(3)69)39(65-51(75)88-57(16,17)18)40(66-52(76)89-58(19,20)21)46(81-37)83-41-34(62-44(70)36(78-30(2)68)24-25-60-47(71)84-53(4,5)6)26-35(64-50(74)87-56(13,14)15)42(38(41)59)82-45-33(63-49(73)86-55(10,11)12)23-22-32(80-45)27-61-48(72)85-54(7,8)9/h32-43,45-46H,22-28H2,1-21H3,(H,60,71)(H,61,72)(H,62,70)(H,63,73)(H,64,74)(H,65,75)(H,66,76)/t32-,33+,34+,35-,36-,37+,38-,39+,40+,41-,42+,43+,45+,46+/m0/s1. The summed E-state index contributed by atoms with van der Waals surface area (Å²) in [5.41, 5.74) is -6.31. The molecule has 510 valence electrons. The average molecular weight is 1280 g/mol. The minimum atomic E-state index is -2.64. The third kappa shape index (κ3) is 29.2. The summed E-state index contributed by atoms with van der Waals surface area (Å²) in [7, 11) is 0. The fourth-order valence-corrected chi connectivity index (χ4v) is 9.09. The van der Waals surface area contributed by atoms with Crippen molar-refractivity contribution in [3.05, 3.63) is 0 Å². The number of amides is 7. The Morgan fingerprint density at radius 1 is 0.472 bits per heavy atom. The molecule has 3 rings (SSSR count). The predicted octanol–water partition coefficient (Wildman–Crippen LogP) is 5.65. The van der Waals surface area contributed by atoms with Gasteiger partial charge in [0, 0.05) is 40.3 Å². The normalized spacial score (nSPS) is 26.2. The number of rotatable bonds is 19. The van der Waals surface area contributed by atoms with Gasteiger partial charge in [-0.1, -0.05) is 0 Å². The third-order valence-electron chi connectivity index (χ3n) is 12.1. The van der Waals surface area contributed by atoms with E-state index >= 15 is 4.39 Å². The van der Waals surface area contributed by atoms with E-state index in [1.807, 2.05) is 0 Å². The van der Waals surface area contributed by atoms with Crippen molar-refractivity contribution in [2.75, 3.05) is 19.7 Å². The van der Waals surface area contributed by atoms with Crippen LogP contribution in [0.2, 0.25) is 0 Å². The summed E-state index contributed by atoms with van der Waals surface area (Å²) in [6.07, 6.45) is -23.1. The van der Waals surface area contributed by atoms with Crippen LogP contribution in [-0.4, -0.2) is 199 Å². The van der Waals surface area contributed by atoms with Crippen molar-refractivity contribution in [3.63, 3.8) is 0 Å². The van der Waals surface area contributed by atoms with Crippen LogP contribution in [0.5, 0.6) is 0 Å². The summed E-state index contributed by atoms with van der Waals surface area (Å²) in [5.74, 6) is -3.84. The van der Waals surface area contributed by atoms with E-state index in [9.17, 15) is 47.9 Å². The molecular formula is C58H98FN7O23. The van der Waals surface area contributed by atoms with Crippen LogP contribution in [0, 0.1) is 0 Å². The molecule has 0 radical (unpaired) electrons. The van der Waals surface area contributed by atoms with Crippen molar-refractivity contribution in [3.8, 4) is 0 Å². The number of hydrogen-bond acceptors (Lipinski definition) is 23. The van der Waals surface area contributed by atoms with Crippen molar-refractivity contribution in [1.29, 1.82) is 0 Å². The van der Waals surface area contributed by atoms with Gasteiger partial charge in [0.05, 0.1) is 30.3 Å². The maximum absolute atomic E-state index is 19.0. The van der Waals surface area contributed by atoms with Crippen LogP contribution in [0.15, 0.2) is 0 Å². The number of alkyl carbamates (subject to hydrolysis) is 6. The number of halogens is 1. The van der Waals surface area contributed by atoms with E-state index in [4.69, 9.17) is 61.6 Å². The van der Waals surface area contributed by atoms with Crippen molar-refractivity contribution in [2.24, 2.45) is 0 Å². The van der Waals surface area contributed by atoms with Crippen LogP contribution in [0.4, 0.5) is 33.2 Å². The first-order chi connectivity index (χ1) is 40.6. The van der Waals surface area contributed by atoms with Gasteiger partial charge >= 0.3 is 54.5 Å². The zero-order chi connectivity index (χ0) is 67.9. The lowest BCUT2D eigenvalue weighted by Gasteiger charge is -2.50. The quantitative estimate of drug-likeness (QED) is 0.0606. The maximum Gasteiger partial charge on any atom is 0.408 e. The third-order valence-corrected chi connectivity index (χ3v) is 12.1. The Kier molecular flexibility index (Phi) is 27.4. The second-order valence-corrected chi connectivity index (χ2v) is 27.7. The molecule has 14 atom stereocenters. The number of carbonyl (C=O) groups is 10. The fourth-order valence-electron chi connectivity index (χ4n) is 9.09. The summed E-state index contributed by atoms with van der Waals surface area (Å²) in [5, 5.41) is 18.3. The minimum absolute atomic E-state index is 0.0600. The Morgan fingerprint density at radius 2 is 0.899 bits per heavy atom. The smallest absolute Gasteiger partial charge is 0.408 e. The van der Waals surface area contributed by atoms with Crippen molar-refractivity contribution in [1.82, 2.24) is 37.2 Å². The molecule has 89 heavy (non-hydrogen) atoms. The summed E-state index contributed by atoms with van der Waals surface area (Å²) < 4.78 is 94.9. The second-order valence-electron chi connectivity index (χ2n) is 27.7. The van der Waals surface area contributed by atoms with Gasteiger partial charge in [-0.15, -0.1) is 0 Å². The van der Waals surface area contributed by atoms with E-state index in [2.05, 4.69) is 37.2 Å². The first-order valence-corrected chi connectivity index (χ1v) is 29.5. The molecule has 31 heteroatoms. The largest absolute Gasteiger partial charge is 0.463 e. The predicted molar refractivity (Wildman–Crippen MR) is 311 cm³/mol. The van der Waals surface area contributed by atoms with Crippen LogP contribution in [0.3, 0.4) is 0 Å². The molecule has 0 bridgehead atoms. The molecule has 0 spiro atoms. The lowest BCUT2D eigenvalue weighted by molar-refractivity contribution is -0.294. The Bertz CT molecular complexity index is 2450. The summed E-state index contributed by atoms with van der Waals surface area (Å²) in [4.78, 5) is 134. The molecule has 0 unspecified atom stereocenters. The van der Waals surface area contributed by atoms with Crippen LogP contribution < -0.4 is 37.2 Å². The number of carbonyl (C=O) groups excluding carboxylic acids is 10. The van der Waals surface area contributed by atoms with Gasteiger partial charge in [-0.05, 0) is 144 Å². The topological polar surface area (TPSA) is 375 Å². The highest BCUT2D eigenvalue weighted by molar-refractivity contribution is 5.84. The fraction of sp³-hybridized carbons (Fsp3) is 0.828. The second kappa shape index (κ2) is 31.8. The van der Waals surface area contributed by atoms with Gasteiger partial charge in [0.25, 0.3) is 5.91 Å². The average Bonchev–Trinajstić information content (AvgIpc) is 0.910. The zero-order valence-corrected chi connectivity index (χ0v) is 55.3. The maximum atomic E-state index is 19.0. The van der Waals surface area contributed by atoms with E-state index in [-0.39, 0.29) is 32.4 Å². The van der Waals surface area contributed by atoms with Crippen LogP contribution in [0.1, 0.15) is 171 Å².